The maximum Gasteiger partial charge on any atom is 0.322 e. The molecule has 126 valence electrons. The molecule has 2 amide bonds. The second-order valence-electron chi connectivity index (χ2n) is 5.95. The fourth-order valence-electron chi connectivity index (χ4n) is 2.71. The Balaban J connectivity index is 1.77. The van der Waals surface area contributed by atoms with Crippen molar-refractivity contribution in [3.8, 4) is 0 Å². The molecule has 6 nitrogen and oxygen atoms in total. The van der Waals surface area contributed by atoms with E-state index in [1.54, 1.807) is 29.6 Å². The fraction of sp³-hybridized carbons (Fsp3) is 0.353. The van der Waals surface area contributed by atoms with Crippen LogP contribution in [0.5, 0.6) is 0 Å². The molecule has 1 aromatic carbocycles. The monoisotopic (exact) mass is 343 g/mol. The summed E-state index contributed by atoms with van der Waals surface area (Å²) in [5.74, 6) is 0. The van der Waals surface area contributed by atoms with E-state index in [-0.39, 0.29) is 12.1 Å². The van der Waals surface area contributed by atoms with Crippen molar-refractivity contribution in [2.24, 2.45) is 7.05 Å². The number of hydrogen-bond acceptors (Lipinski definition) is 4. The Morgan fingerprint density at radius 3 is 2.79 bits per heavy atom. The molecule has 0 aliphatic carbocycles. The highest BCUT2D eigenvalue weighted by atomic mass is 32.1. The molecule has 0 spiro atoms. The first kappa shape index (κ1) is 16.4. The molecule has 0 radical (unpaired) electrons. The number of benzene rings is 1. The highest BCUT2D eigenvalue weighted by Gasteiger charge is 2.21. The van der Waals surface area contributed by atoms with E-state index in [4.69, 9.17) is 0 Å². The number of urea groups is 1. The van der Waals surface area contributed by atoms with Gasteiger partial charge >= 0.3 is 6.03 Å². The Bertz CT molecular complexity index is 898. The van der Waals surface area contributed by atoms with Gasteiger partial charge in [-0.05, 0) is 39.0 Å². The van der Waals surface area contributed by atoms with Gasteiger partial charge < -0.3 is 14.8 Å². The average Bonchev–Trinajstić information content (AvgIpc) is 3.08. The standard InChI is InChI=1S/C17H21N5OS/c1-10(16-11(2)24-12(3)19-16)22(5)17(23)20-13-6-7-14-15(8-13)21(4)9-18-14/h6-10H,1-5H3,(H,20,23)/t10-/m1/s1. The van der Waals surface area contributed by atoms with Gasteiger partial charge in [-0.15, -0.1) is 11.3 Å². The molecule has 3 aromatic rings. The maximum atomic E-state index is 12.6. The van der Waals surface area contributed by atoms with Crippen LogP contribution >= 0.6 is 11.3 Å². The molecule has 0 saturated carbocycles. The average molecular weight is 343 g/mol. The van der Waals surface area contributed by atoms with Crippen molar-refractivity contribution in [1.82, 2.24) is 19.4 Å². The van der Waals surface area contributed by atoms with Crippen LogP contribution in [0.15, 0.2) is 24.5 Å². The summed E-state index contributed by atoms with van der Waals surface area (Å²) < 4.78 is 1.93. The van der Waals surface area contributed by atoms with Gasteiger partial charge in [0, 0.05) is 24.7 Å². The molecular weight excluding hydrogens is 322 g/mol. The van der Waals surface area contributed by atoms with E-state index in [1.165, 1.54) is 0 Å². The van der Waals surface area contributed by atoms with Crippen LogP contribution in [0.3, 0.4) is 0 Å². The molecule has 0 unspecified atom stereocenters. The Hall–Kier alpha value is -2.41. The van der Waals surface area contributed by atoms with E-state index in [0.717, 1.165) is 32.3 Å². The topological polar surface area (TPSA) is 63.1 Å². The van der Waals surface area contributed by atoms with E-state index < -0.39 is 0 Å². The highest BCUT2D eigenvalue weighted by molar-refractivity contribution is 7.11. The number of imidazole rings is 1. The van der Waals surface area contributed by atoms with Crippen LogP contribution < -0.4 is 5.32 Å². The van der Waals surface area contributed by atoms with Gasteiger partial charge in [0.25, 0.3) is 0 Å². The molecule has 1 N–H and O–H groups in total. The number of thiazole rings is 1. The van der Waals surface area contributed by atoms with Crippen molar-refractivity contribution in [2.75, 3.05) is 12.4 Å². The van der Waals surface area contributed by atoms with E-state index in [2.05, 4.69) is 15.3 Å². The minimum absolute atomic E-state index is 0.0876. The highest BCUT2D eigenvalue weighted by Crippen LogP contribution is 2.26. The summed E-state index contributed by atoms with van der Waals surface area (Å²) in [7, 11) is 3.72. The number of carbonyl (C=O) groups excluding carboxylic acids is 1. The van der Waals surface area contributed by atoms with Crippen LogP contribution in [-0.4, -0.2) is 32.5 Å². The first-order valence-corrected chi connectivity index (χ1v) is 8.57. The summed E-state index contributed by atoms with van der Waals surface area (Å²) in [6.07, 6.45) is 1.76. The number of carbonyl (C=O) groups is 1. The smallest absolute Gasteiger partial charge is 0.322 e. The summed E-state index contributed by atoms with van der Waals surface area (Å²) >= 11 is 1.66. The number of hydrogen-bond donors (Lipinski definition) is 1. The van der Waals surface area contributed by atoms with Crippen LogP contribution in [0, 0.1) is 13.8 Å². The number of rotatable bonds is 3. The van der Waals surface area contributed by atoms with E-state index in [9.17, 15) is 4.79 Å². The first-order valence-electron chi connectivity index (χ1n) is 7.75. The zero-order valence-electron chi connectivity index (χ0n) is 14.5. The largest absolute Gasteiger partial charge is 0.334 e. The lowest BCUT2D eigenvalue weighted by Gasteiger charge is -2.24. The van der Waals surface area contributed by atoms with Crippen molar-refractivity contribution in [3.05, 3.63) is 40.1 Å². The number of nitrogens with zero attached hydrogens (tertiary/aromatic N) is 4. The Labute approximate surface area is 145 Å². The van der Waals surface area contributed by atoms with Gasteiger partial charge in [0.15, 0.2) is 0 Å². The summed E-state index contributed by atoms with van der Waals surface area (Å²) in [6, 6.07) is 5.45. The maximum absolute atomic E-state index is 12.6. The molecule has 0 bridgehead atoms. The van der Waals surface area contributed by atoms with Gasteiger partial charge in [0.05, 0.1) is 34.1 Å². The van der Waals surface area contributed by atoms with Gasteiger partial charge in [-0.2, -0.15) is 0 Å². The lowest BCUT2D eigenvalue weighted by molar-refractivity contribution is 0.207. The summed E-state index contributed by atoms with van der Waals surface area (Å²) in [4.78, 5) is 24.2. The molecule has 2 heterocycles. The minimum atomic E-state index is -0.158. The summed E-state index contributed by atoms with van der Waals surface area (Å²) in [6.45, 7) is 6.01. The number of nitrogens with one attached hydrogen (secondary N) is 1. The molecule has 3 rings (SSSR count). The number of anilines is 1. The minimum Gasteiger partial charge on any atom is -0.334 e. The Morgan fingerprint density at radius 2 is 2.12 bits per heavy atom. The van der Waals surface area contributed by atoms with Crippen LogP contribution in [-0.2, 0) is 7.05 Å². The zero-order valence-corrected chi connectivity index (χ0v) is 15.3. The summed E-state index contributed by atoms with van der Waals surface area (Å²) in [5.41, 5.74) is 3.60. The Morgan fingerprint density at radius 1 is 1.38 bits per heavy atom. The van der Waals surface area contributed by atoms with Crippen LogP contribution in [0.4, 0.5) is 10.5 Å². The fourth-order valence-corrected chi connectivity index (χ4v) is 3.62. The number of fused-ring (bicyclic) bond motifs is 1. The van der Waals surface area contributed by atoms with Crippen LogP contribution in [0.25, 0.3) is 11.0 Å². The first-order chi connectivity index (χ1) is 11.4. The quantitative estimate of drug-likeness (QED) is 0.785. The van der Waals surface area contributed by atoms with Crippen LogP contribution in [0.1, 0.15) is 28.5 Å². The second kappa shape index (κ2) is 6.24. The third kappa shape index (κ3) is 2.99. The molecule has 2 aromatic heterocycles. The van der Waals surface area contributed by atoms with E-state index in [0.29, 0.717) is 0 Å². The molecule has 0 aliphatic heterocycles. The predicted octanol–water partition coefficient (Wildman–Crippen LogP) is 3.87. The van der Waals surface area contributed by atoms with Crippen LogP contribution in [0.2, 0.25) is 0 Å². The summed E-state index contributed by atoms with van der Waals surface area (Å²) in [5, 5.41) is 3.97. The molecule has 7 heteroatoms. The van der Waals surface area contributed by atoms with Gasteiger partial charge in [0.1, 0.15) is 0 Å². The lowest BCUT2D eigenvalue weighted by atomic mass is 10.2. The third-order valence-corrected chi connectivity index (χ3v) is 5.12. The number of aryl methyl sites for hydroxylation is 3. The molecule has 24 heavy (non-hydrogen) atoms. The third-order valence-electron chi connectivity index (χ3n) is 4.21. The second-order valence-corrected chi connectivity index (χ2v) is 7.36. The lowest BCUT2D eigenvalue weighted by Crippen LogP contribution is -2.34. The number of amides is 2. The molecule has 1 atom stereocenters. The molecule has 0 fully saturated rings. The zero-order chi connectivity index (χ0) is 17.4. The predicted molar refractivity (Wildman–Crippen MR) is 97.5 cm³/mol. The van der Waals surface area contributed by atoms with Gasteiger partial charge in [0.2, 0.25) is 0 Å². The van der Waals surface area contributed by atoms with Crippen molar-refractivity contribution in [2.45, 2.75) is 26.8 Å². The molecular formula is C17H21N5OS. The molecule has 0 saturated heterocycles. The van der Waals surface area contributed by atoms with Gasteiger partial charge in [-0.1, -0.05) is 0 Å². The van der Waals surface area contributed by atoms with Gasteiger partial charge in [-0.3, -0.25) is 0 Å². The number of aromatic nitrogens is 3. The van der Waals surface area contributed by atoms with Crippen molar-refractivity contribution in [1.29, 1.82) is 0 Å². The van der Waals surface area contributed by atoms with Crippen molar-refractivity contribution in [3.63, 3.8) is 0 Å². The van der Waals surface area contributed by atoms with Crippen molar-refractivity contribution < 1.29 is 4.79 Å². The van der Waals surface area contributed by atoms with Crippen molar-refractivity contribution >= 4 is 34.1 Å². The van der Waals surface area contributed by atoms with Gasteiger partial charge in [-0.25, -0.2) is 14.8 Å². The van der Waals surface area contributed by atoms with E-state index in [1.807, 2.05) is 50.6 Å². The Kier molecular flexibility index (Phi) is 4.28. The normalized spacial score (nSPS) is 12.4. The van der Waals surface area contributed by atoms with E-state index >= 15 is 0 Å². The SMILES string of the molecule is Cc1nc([C@@H](C)N(C)C(=O)Nc2ccc3ncn(C)c3c2)c(C)s1. The molecule has 0 aliphatic rings.